The quantitative estimate of drug-likeness (QED) is 0.388. The molecule has 7 heteroatoms. The van der Waals surface area contributed by atoms with Gasteiger partial charge in [0, 0.05) is 19.0 Å². The van der Waals surface area contributed by atoms with Crippen LogP contribution in [0.4, 0.5) is 0 Å². The van der Waals surface area contributed by atoms with E-state index in [9.17, 15) is 13.5 Å². The van der Waals surface area contributed by atoms with Crippen molar-refractivity contribution in [3.63, 3.8) is 0 Å². The molecular formula is C29H45NO4SSi. The maximum absolute atomic E-state index is 13.7. The van der Waals surface area contributed by atoms with Crippen LogP contribution in [0.1, 0.15) is 71.1 Å². The summed E-state index contributed by atoms with van der Waals surface area (Å²) in [6.45, 7) is 17.7. The van der Waals surface area contributed by atoms with E-state index in [4.69, 9.17) is 4.43 Å². The van der Waals surface area contributed by atoms with Crippen molar-refractivity contribution in [3.8, 4) is 0 Å². The van der Waals surface area contributed by atoms with E-state index in [1.807, 2.05) is 19.1 Å². The van der Waals surface area contributed by atoms with Crippen LogP contribution >= 0.6 is 0 Å². The molecule has 0 amide bonds. The van der Waals surface area contributed by atoms with Gasteiger partial charge in [0.15, 0.2) is 0 Å². The van der Waals surface area contributed by atoms with Gasteiger partial charge >= 0.3 is 0 Å². The van der Waals surface area contributed by atoms with Crippen molar-refractivity contribution in [2.75, 3.05) is 13.1 Å². The van der Waals surface area contributed by atoms with Crippen LogP contribution in [0.15, 0.2) is 53.4 Å². The van der Waals surface area contributed by atoms with E-state index in [2.05, 4.69) is 72.7 Å². The summed E-state index contributed by atoms with van der Waals surface area (Å²) in [6, 6.07) is 15.3. The van der Waals surface area contributed by atoms with E-state index >= 15 is 0 Å². The Kier molecular flexibility index (Phi) is 9.26. The Hall–Kier alpha value is -1.51. The van der Waals surface area contributed by atoms with Gasteiger partial charge in [0.1, 0.15) is 0 Å². The largest absolute Gasteiger partial charge is 0.411 e. The molecule has 200 valence electrons. The zero-order valence-electron chi connectivity index (χ0n) is 23.2. The molecule has 1 aliphatic rings. The van der Waals surface area contributed by atoms with E-state index in [1.54, 1.807) is 12.1 Å². The lowest BCUT2D eigenvalue weighted by Gasteiger charge is -2.49. The molecule has 5 nitrogen and oxygen atoms in total. The molecule has 1 aliphatic heterocycles. The second kappa shape index (κ2) is 11.5. The number of piperidine rings is 1. The minimum atomic E-state index is -3.77. The SMILES string of the molecule is CCc1ccc([C@@H]2[C@@H](O)CN(S(=O)(=O)c3ccc(C)cc3)C[C@H]2O[Si](C(C)C)(C(C)C)C(C)C)cc1. The maximum atomic E-state index is 13.7. The number of hydrogen-bond donors (Lipinski definition) is 1. The number of nitrogens with zero attached hydrogens (tertiary/aromatic N) is 1. The van der Waals surface area contributed by atoms with E-state index in [0.29, 0.717) is 16.6 Å². The molecule has 3 rings (SSSR count). The summed E-state index contributed by atoms with van der Waals surface area (Å²) in [5, 5.41) is 11.5. The first-order chi connectivity index (χ1) is 16.8. The lowest BCUT2D eigenvalue weighted by molar-refractivity contribution is 0.00146. The highest BCUT2D eigenvalue weighted by molar-refractivity contribution is 7.89. The standard InChI is InChI=1S/C29H45NO4SSi/c1-9-24-12-14-25(15-13-24)29-27(31)18-30(35(32,33)26-16-10-23(8)11-17-26)19-28(29)34-36(20(2)3,21(4)5)22(6)7/h10-17,20-22,27-29,31H,9,18-19H2,1-8H3/t27-,28+,29+/m0/s1. The van der Waals surface area contributed by atoms with Gasteiger partial charge in [0.2, 0.25) is 18.3 Å². The monoisotopic (exact) mass is 531 g/mol. The summed E-state index contributed by atoms with van der Waals surface area (Å²) < 4.78 is 36.0. The molecule has 0 radical (unpaired) electrons. The highest BCUT2D eigenvalue weighted by atomic mass is 32.2. The summed E-state index contributed by atoms with van der Waals surface area (Å²) in [4.78, 5) is 0.255. The van der Waals surface area contributed by atoms with Gasteiger partial charge in [-0.1, -0.05) is 90.4 Å². The average Bonchev–Trinajstić information content (AvgIpc) is 2.82. The Balaban J connectivity index is 2.07. The molecule has 2 aromatic carbocycles. The number of rotatable bonds is 9. The molecule has 1 N–H and O–H groups in total. The van der Waals surface area contributed by atoms with Crippen molar-refractivity contribution in [2.45, 2.75) is 101 Å². The third kappa shape index (κ3) is 5.65. The van der Waals surface area contributed by atoms with Crippen LogP contribution in [0, 0.1) is 6.92 Å². The topological polar surface area (TPSA) is 66.8 Å². The number of hydrogen-bond acceptors (Lipinski definition) is 4. The van der Waals surface area contributed by atoms with E-state index in [-0.39, 0.29) is 23.9 Å². The fourth-order valence-corrected chi connectivity index (χ4v) is 13.2. The summed E-state index contributed by atoms with van der Waals surface area (Å²) in [7, 11) is -6.11. The molecular weight excluding hydrogens is 486 g/mol. The van der Waals surface area contributed by atoms with E-state index in [0.717, 1.165) is 17.5 Å². The van der Waals surface area contributed by atoms with Crippen LogP contribution in [-0.2, 0) is 20.9 Å². The van der Waals surface area contributed by atoms with Gasteiger partial charge < -0.3 is 9.53 Å². The molecule has 0 aromatic heterocycles. The van der Waals surface area contributed by atoms with Gasteiger partial charge in [0.25, 0.3) is 0 Å². The first-order valence-electron chi connectivity index (χ1n) is 13.4. The molecule has 2 aromatic rings. The van der Waals surface area contributed by atoms with Gasteiger partial charge in [-0.3, -0.25) is 0 Å². The van der Waals surface area contributed by atoms with Gasteiger partial charge in [-0.05, 0) is 53.2 Å². The lowest BCUT2D eigenvalue weighted by Crippen LogP contribution is -2.59. The summed E-state index contributed by atoms with van der Waals surface area (Å²) in [5.74, 6) is -0.288. The molecule has 0 saturated carbocycles. The van der Waals surface area contributed by atoms with Crippen molar-refractivity contribution in [3.05, 3.63) is 65.2 Å². The van der Waals surface area contributed by atoms with Crippen molar-refractivity contribution in [2.24, 2.45) is 0 Å². The molecule has 3 atom stereocenters. The van der Waals surface area contributed by atoms with Crippen LogP contribution < -0.4 is 0 Å². The number of aliphatic hydroxyl groups excluding tert-OH is 1. The first kappa shape index (κ1) is 29.0. The zero-order valence-corrected chi connectivity index (χ0v) is 25.0. The zero-order chi connectivity index (χ0) is 26.8. The minimum absolute atomic E-state index is 0.0514. The van der Waals surface area contributed by atoms with Gasteiger partial charge in [-0.15, -0.1) is 0 Å². The molecule has 1 saturated heterocycles. The van der Waals surface area contributed by atoms with Crippen LogP contribution in [0.2, 0.25) is 16.6 Å². The lowest BCUT2D eigenvalue weighted by atomic mass is 9.85. The molecule has 36 heavy (non-hydrogen) atoms. The average molecular weight is 532 g/mol. The van der Waals surface area contributed by atoms with Crippen LogP contribution in [-0.4, -0.2) is 51.4 Å². The van der Waals surface area contributed by atoms with Crippen LogP contribution in [0.5, 0.6) is 0 Å². The Bertz CT molecular complexity index is 1080. The highest BCUT2D eigenvalue weighted by Gasteiger charge is 2.51. The van der Waals surface area contributed by atoms with E-state index in [1.165, 1.54) is 9.87 Å². The van der Waals surface area contributed by atoms with Crippen LogP contribution in [0.3, 0.4) is 0 Å². The van der Waals surface area contributed by atoms with Gasteiger partial charge in [-0.25, -0.2) is 8.42 Å². The highest BCUT2D eigenvalue weighted by Crippen LogP contribution is 2.46. The number of sulfonamides is 1. The number of aryl methyl sites for hydroxylation is 2. The van der Waals surface area contributed by atoms with Gasteiger partial charge in [0.05, 0.1) is 17.1 Å². The predicted octanol–water partition coefficient (Wildman–Crippen LogP) is 6.27. The van der Waals surface area contributed by atoms with Crippen molar-refractivity contribution >= 4 is 18.3 Å². The van der Waals surface area contributed by atoms with Crippen molar-refractivity contribution in [1.82, 2.24) is 4.31 Å². The van der Waals surface area contributed by atoms with Crippen molar-refractivity contribution in [1.29, 1.82) is 0 Å². The van der Waals surface area contributed by atoms with Gasteiger partial charge in [-0.2, -0.15) is 4.31 Å². The molecule has 1 fully saturated rings. The Labute approximate surface area is 220 Å². The normalized spacial score (nSPS) is 22.1. The Morgan fingerprint density at radius 1 is 0.917 bits per heavy atom. The number of β-amino-alcohol motifs (C(OH)–C–C–N with tert-alkyl or cyclic N) is 1. The minimum Gasteiger partial charge on any atom is -0.411 e. The third-order valence-electron chi connectivity index (χ3n) is 8.08. The molecule has 0 bridgehead atoms. The van der Waals surface area contributed by atoms with E-state index < -0.39 is 30.5 Å². The molecule has 0 spiro atoms. The molecule has 0 aliphatic carbocycles. The second-order valence-corrected chi connectivity index (χ2v) is 18.6. The van der Waals surface area contributed by atoms with Crippen molar-refractivity contribution < 1.29 is 18.0 Å². The second-order valence-electron chi connectivity index (χ2n) is 11.3. The fraction of sp³-hybridized carbons (Fsp3) is 0.586. The Morgan fingerprint density at radius 2 is 1.44 bits per heavy atom. The summed E-state index contributed by atoms with van der Waals surface area (Å²) >= 11 is 0. The summed E-state index contributed by atoms with van der Waals surface area (Å²) in [6.07, 6.45) is -0.352. The van der Waals surface area contributed by atoms with Crippen LogP contribution in [0.25, 0.3) is 0 Å². The Morgan fingerprint density at radius 3 is 1.92 bits per heavy atom. The molecule has 1 heterocycles. The summed E-state index contributed by atoms with van der Waals surface area (Å²) in [5.41, 5.74) is 4.30. The molecule has 0 unspecified atom stereocenters. The fourth-order valence-electron chi connectivity index (χ4n) is 6.21. The third-order valence-corrected chi connectivity index (χ3v) is 16.1. The number of aliphatic hydroxyl groups is 1. The number of benzene rings is 2. The maximum Gasteiger partial charge on any atom is 0.243 e. The smallest absolute Gasteiger partial charge is 0.243 e. The first-order valence-corrected chi connectivity index (χ1v) is 16.9. The predicted molar refractivity (Wildman–Crippen MR) is 150 cm³/mol.